The second kappa shape index (κ2) is 6.37. The summed E-state index contributed by atoms with van der Waals surface area (Å²) in [6, 6.07) is 6.69. The number of hydrogen-bond acceptors (Lipinski definition) is 7. The van der Waals surface area contributed by atoms with Gasteiger partial charge in [-0.3, -0.25) is 9.36 Å². The predicted molar refractivity (Wildman–Crippen MR) is 95.2 cm³/mol. The third kappa shape index (κ3) is 2.97. The van der Waals surface area contributed by atoms with Gasteiger partial charge in [-0.2, -0.15) is 10.2 Å². The van der Waals surface area contributed by atoms with Crippen molar-refractivity contribution in [2.24, 2.45) is 7.05 Å². The summed E-state index contributed by atoms with van der Waals surface area (Å²) in [5.41, 5.74) is 6.08. The molecular formula is C16H14ClN7O. The lowest BCUT2D eigenvalue weighted by atomic mass is 10.2. The van der Waals surface area contributed by atoms with Crippen molar-refractivity contribution in [1.82, 2.24) is 19.5 Å². The Bertz CT molecular complexity index is 1070. The van der Waals surface area contributed by atoms with Gasteiger partial charge < -0.3 is 11.1 Å². The van der Waals surface area contributed by atoms with Crippen molar-refractivity contribution in [3.8, 4) is 6.07 Å². The predicted octanol–water partition coefficient (Wildman–Crippen LogP) is 2.00. The second-order valence-electron chi connectivity index (χ2n) is 5.44. The highest BCUT2D eigenvalue weighted by Gasteiger charge is 2.17. The van der Waals surface area contributed by atoms with Gasteiger partial charge in [0.2, 0.25) is 5.95 Å². The molecule has 8 nitrogen and oxygen atoms in total. The average molecular weight is 356 g/mol. The van der Waals surface area contributed by atoms with Crippen LogP contribution in [0.3, 0.4) is 0 Å². The van der Waals surface area contributed by atoms with Gasteiger partial charge in [-0.25, -0.2) is 9.97 Å². The van der Waals surface area contributed by atoms with Crippen molar-refractivity contribution in [3.05, 3.63) is 51.2 Å². The largest absolute Gasteiger partial charge is 0.368 e. The molecule has 2 heterocycles. The van der Waals surface area contributed by atoms with Gasteiger partial charge in [-0.15, -0.1) is 0 Å². The van der Waals surface area contributed by atoms with E-state index in [1.807, 2.05) is 6.07 Å². The quantitative estimate of drug-likeness (QED) is 0.736. The minimum Gasteiger partial charge on any atom is -0.368 e. The number of hydrogen-bond donors (Lipinski definition) is 2. The van der Waals surface area contributed by atoms with Crippen molar-refractivity contribution in [1.29, 1.82) is 5.26 Å². The maximum absolute atomic E-state index is 12.6. The second-order valence-corrected chi connectivity index (χ2v) is 5.84. The van der Waals surface area contributed by atoms with Crippen LogP contribution in [0.1, 0.15) is 24.4 Å². The normalized spacial score (nSPS) is 11.9. The monoisotopic (exact) mass is 355 g/mol. The summed E-state index contributed by atoms with van der Waals surface area (Å²) in [6.07, 6.45) is 1.34. The van der Waals surface area contributed by atoms with Gasteiger partial charge >= 0.3 is 0 Å². The SMILES string of the molecule is C[C@@H](Nc1nc(N)ncc1C#N)c1nc2cccc(Cl)c2c(=O)n1C. The Morgan fingerprint density at radius 1 is 1.40 bits per heavy atom. The smallest absolute Gasteiger partial charge is 0.262 e. The molecule has 0 amide bonds. The van der Waals surface area contributed by atoms with Gasteiger partial charge in [0, 0.05) is 7.05 Å². The Morgan fingerprint density at radius 2 is 2.16 bits per heavy atom. The lowest BCUT2D eigenvalue weighted by Gasteiger charge is -2.18. The van der Waals surface area contributed by atoms with Crippen LogP contribution in [-0.2, 0) is 7.05 Å². The molecular weight excluding hydrogens is 342 g/mol. The molecule has 1 atom stereocenters. The van der Waals surface area contributed by atoms with Crippen LogP contribution in [0.5, 0.6) is 0 Å². The van der Waals surface area contributed by atoms with Crippen LogP contribution >= 0.6 is 11.6 Å². The molecule has 3 rings (SSSR count). The summed E-state index contributed by atoms with van der Waals surface area (Å²) >= 11 is 6.12. The summed E-state index contributed by atoms with van der Waals surface area (Å²) < 4.78 is 1.42. The maximum atomic E-state index is 12.6. The molecule has 0 aliphatic rings. The molecule has 2 aromatic heterocycles. The first-order valence-electron chi connectivity index (χ1n) is 7.36. The molecule has 0 radical (unpaired) electrons. The minimum atomic E-state index is -0.414. The lowest BCUT2D eigenvalue weighted by molar-refractivity contribution is 0.682. The van der Waals surface area contributed by atoms with Gasteiger partial charge in [0.25, 0.3) is 5.56 Å². The molecule has 0 aliphatic carbocycles. The Kier molecular flexibility index (Phi) is 4.25. The number of aromatic nitrogens is 4. The van der Waals surface area contributed by atoms with Gasteiger partial charge in [0.1, 0.15) is 23.3 Å². The summed E-state index contributed by atoms with van der Waals surface area (Å²) in [6.45, 7) is 1.80. The highest BCUT2D eigenvalue weighted by Crippen LogP contribution is 2.22. The summed E-state index contributed by atoms with van der Waals surface area (Å²) in [4.78, 5) is 25.0. The average Bonchev–Trinajstić information content (AvgIpc) is 2.58. The molecule has 0 saturated carbocycles. The number of anilines is 2. The number of nitrogens with zero attached hydrogens (tertiary/aromatic N) is 5. The van der Waals surface area contributed by atoms with Gasteiger partial charge in [-0.1, -0.05) is 17.7 Å². The van der Waals surface area contributed by atoms with Crippen LogP contribution in [0.15, 0.2) is 29.2 Å². The number of benzene rings is 1. The van der Waals surface area contributed by atoms with E-state index in [0.717, 1.165) is 0 Å². The van der Waals surface area contributed by atoms with Gasteiger partial charge in [0.15, 0.2) is 0 Å². The van der Waals surface area contributed by atoms with Crippen LogP contribution in [-0.4, -0.2) is 19.5 Å². The molecule has 0 aliphatic heterocycles. The van der Waals surface area contributed by atoms with E-state index in [9.17, 15) is 4.79 Å². The van der Waals surface area contributed by atoms with E-state index < -0.39 is 6.04 Å². The number of nitriles is 1. The molecule has 0 unspecified atom stereocenters. The highest BCUT2D eigenvalue weighted by molar-refractivity contribution is 6.35. The fourth-order valence-corrected chi connectivity index (χ4v) is 2.78. The van der Waals surface area contributed by atoms with E-state index in [1.165, 1.54) is 10.8 Å². The van der Waals surface area contributed by atoms with Gasteiger partial charge in [0.05, 0.1) is 28.2 Å². The standard InChI is InChI=1S/C16H14ClN7O/c1-8(21-13-9(6-18)7-20-16(19)23-13)14-22-11-5-3-4-10(17)12(11)15(25)24(14)2/h3-5,7-8H,1-2H3,(H3,19,20,21,23)/t8-/m1/s1. The summed E-state index contributed by atoms with van der Waals surface area (Å²) in [5.74, 6) is 0.796. The van der Waals surface area contributed by atoms with E-state index in [0.29, 0.717) is 21.7 Å². The summed E-state index contributed by atoms with van der Waals surface area (Å²) in [5, 5.41) is 12.9. The molecule has 3 N–H and O–H groups in total. The van der Waals surface area contributed by atoms with Crippen molar-refractivity contribution in [2.45, 2.75) is 13.0 Å². The fraction of sp³-hybridized carbons (Fsp3) is 0.188. The molecule has 25 heavy (non-hydrogen) atoms. The zero-order chi connectivity index (χ0) is 18.1. The van der Waals surface area contributed by atoms with E-state index in [4.69, 9.17) is 22.6 Å². The number of nitrogens with two attached hydrogens (primary N) is 1. The molecule has 126 valence electrons. The number of nitrogen functional groups attached to an aromatic ring is 1. The van der Waals surface area contributed by atoms with E-state index in [-0.39, 0.29) is 22.9 Å². The van der Waals surface area contributed by atoms with Crippen LogP contribution in [0, 0.1) is 11.3 Å². The lowest BCUT2D eigenvalue weighted by Crippen LogP contribution is -2.26. The number of rotatable bonds is 3. The molecule has 9 heteroatoms. The van der Waals surface area contributed by atoms with E-state index >= 15 is 0 Å². The minimum absolute atomic E-state index is 0.0424. The summed E-state index contributed by atoms with van der Waals surface area (Å²) in [7, 11) is 1.62. The Morgan fingerprint density at radius 3 is 2.88 bits per heavy atom. The molecule has 0 bridgehead atoms. The zero-order valence-electron chi connectivity index (χ0n) is 13.5. The molecule has 0 saturated heterocycles. The van der Waals surface area contributed by atoms with Crippen molar-refractivity contribution < 1.29 is 0 Å². The molecule has 0 spiro atoms. The first kappa shape index (κ1) is 16.7. The third-order valence-electron chi connectivity index (χ3n) is 3.76. The van der Waals surface area contributed by atoms with E-state index in [2.05, 4.69) is 20.3 Å². The third-order valence-corrected chi connectivity index (χ3v) is 4.07. The van der Waals surface area contributed by atoms with Crippen molar-refractivity contribution in [2.75, 3.05) is 11.1 Å². The Labute approximate surface area is 147 Å². The van der Waals surface area contributed by atoms with Crippen LogP contribution in [0.2, 0.25) is 5.02 Å². The number of halogens is 1. The van der Waals surface area contributed by atoms with Crippen LogP contribution < -0.4 is 16.6 Å². The zero-order valence-corrected chi connectivity index (χ0v) is 14.2. The van der Waals surface area contributed by atoms with Crippen molar-refractivity contribution >= 4 is 34.3 Å². The molecule has 0 fully saturated rings. The highest BCUT2D eigenvalue weighted by atomic mass is 35.5. The number of nitrogens with one attached hydrogen (secondary N) is 1. The van der Waals surface area contributed by atoms with Crippen molar-refractivity contribution in [3.63, 3.8) is 0 Å². The Hall–Kier alpha value is -3.18. The molecule has 1 aromatic carbocycles. The fourth-order valence-electron chi connectivity index (χ4n) is 2.53. The molecule has 3 aromatic rings. The maximum Gasteiger partial charge on any atom is 0.262 e. The Balaban J connectivity index is 2.08. The topological polar surface area (TPSA) is 123 Å². The van der Waals surface area contributed by atoms with E-state index in [1.54, 1.807) is 32.2 Å². The van der Waals surface area contributed by atoms with Crippen LogP contribution in [0.25, 0.3) is 10.9 Å². The van der Waals surface area contributed by atoms with Gasteiger partial charge in [-0.05, 0) is 19.1 Å². The first-order chi connectivity index (χ1) is 11.9. The number of fused-ring (bicyclic) bond motifs is 1. The first-order valence-corrected chi connectivity index (χ1v) is 7.74. The van der Waals surface area contributed by atoms with Crippen LogP contribution in [0.4, 0.5) is 11.8 Å².